The Bertz CT molecular complexity index is 887. The fourth-order valence-electron chi connectivity index (χ4n) is 3.66. The number of aromatic nitrogens is 2. The Morgan fingerprint density at radius 2 is 1.86 bits per heavy atom. The summed E-state index contributed by atoms with van der Waals surface area (Å²) in [4.78, 5) is 39.2. The summed E-state index contributed by atoms with van der Waals surface area (Å²) in [7, 11) is 0. The molecule has 4 amide bonds. The van der Waals surface area contributed by atoms with Crippen molar-refractivity contribution in [3.8, 4) is 11.1 Å². The van der Waals surface area contributed by atoms with Gasteiger partial charge in [0.15, 0.2) is 0 Å². The van der Waals surface area contributed by atoms with E-state index < -0.39 is 0 Å². The number of amides is 4. The Morgan fingerprint density at radius 1 is 1.14 bits per heavy atom. The molecule has 1 aromatic carbocycles. The molecule has 2 fully saturated rings. The lowest BCUT2D eigenvalue weighted by atomic mass is 10.0. The van der Waals surface area contributed by atoms with Crippen molar-refractivity contribution in [1.29, 1.82) is 0 Å². The maximum Gasteiger partial charge on any atom is 0.324 e. The summed E-state index contributed by atoms with van der Waals surface area (Å²) < 4.78 is 14.6. The number of imide groups is 1. The number of piperidine rings is 1. The highest BCUT2D eigenvalue weighted by molar-refractivity contribution is 6.02. The number of halogens is 1. The van der Waals surface area contributed by atoms with E-state index in [-0.39, 0.29) is 42.8 Å². The van der Waals surface area contributed by atoms with Crippen molar-refractivity contribution in [2.45, 2.75) is 25.4 Å². The number of carbonyl (C=O) groups is 3. The molecule has 28 heavy (non-hydrogen) atoms. The maximum atomic E-state index is 13.0. The summed E-state index contributed by atoms with van der Waals surface area (Å²) in [5, 5.41) is 6.74. The minimum absolute atomic E-state index is 0.0493. The first-order chi connectivity index (χ1) is 13.5. The number of hydrogen-bond acceptors (Lipinski definition) is 4. The Labute approximate surface area is 160 Å². The van der Waals surface area contributed by atoms with Crippen LogP contribution in [-0.4, -0.2) is 63.1 Å². The SMILES string of the molecule is O=C(Cn1cc(-c2ccc(F)cc2)cn1)N1CCC(N2C(=O)CNC2=O)CC1. The van der Waals surface area contributed by atoms with Gasteiger partial charge in [-0.25, -0.2) is 9.18 Å². The van der Waals surface area contributed by atoms with Crippen LogP contribution in [0.3, 0.4) is 0 Å². The molecular formula is C19H20FN5O3. The predicted molar refractivity (Wildman–Crippen MR) is 97.5 cm³/mol. The summed E-state index contributed by atoms with van der Waals surface area (Å²) in [6.07, 6.45) is 4.55. The molecule has 0 saturated carbocycles. The molecule has 4 rings (SSSR count). The standard InChI is InChI=1S/C19H20FN5O3/c20-15-3-1-13(2-4-15)14-9-22-24(11-14)12-18(27)23-7-5-16(6-8-23)25-17(26)10-21-19(25)28/h1-4,9,11,16H,5-8,10,12H2,(H,21,28). The van der Waals surface area contributed by atoms with Gasteiger partial charge in [-0.05, 0) is 30.5 Å². The first-order valence-corrected chi connectivity index (χ1v) is 9.17. The Morgan fingerprint density at radius 3 is 2.50 bits per heavy atom. The molecule has 0 atom stereocenters. The van der Waals surface area contributed by atoms with Crippen LogP contribution in [0, 0.1) is 5.82 Å². The summed E-state index contributed by atoms with van der Waals surface area (Å²) in [5.74, 6) is -0.577. The normalized spacial score (nSPS) is 17.9. The number of nitrogens with zero attached hydrogens (tertiary/aromatic N) is 4. The summed E-state index contributed by atoms with van der Waals surface area (Å²) in [6, 6.07) is 5.59. The van der Waals surface area contributed by atoms with Crippen LogP contribution >= 0.6 is 0 Å². The molecule has 1 N–H and O–H groups in total. The van der Waals surface area contributed by atoms with Gasteiger partial charge in [-0.1, -0.05) is 12.1 Å². The summed E-state index contributed by atoms with van der Waals surface area (Å²) in [5.41, 5.74) is 1.64. The zero-order chi connectivity index (χ0) is 19.7. The number of benzene rings is 1. The molecule has 9 heteroatoms. The van der Waals surface area contributed by atoms with Crippen LogP contribution in [0.15, 0.2) is 36.7 Å². The van der Waals surface area contributed by atoms with Crippen LogP contribution in [0.5, 0.6) is 0 Å². The zero-order valence-electron chi connectivity index (χ0n) is 15.2. The van der Waals surface area contributed by atoms with Crippen molar-refractivity contribution in [2.24, 2.45) is 0 Å². The number of hydrogen-bond donors (Lipinski definition) is 1. The molecule has 2 saturated heterocycles. The van der Waals surface area contributed by atoms with E-state index in [0.29, 0.717) is 25.9 Å². The van der Waals surface area contributed by atoms with Crippen LogP contribution in [0.4, 0.5) is 9.18 Å². The Kier molecular flexibility index (Phi) is 4.81. The maximum absolute atomic E-state index is 13.0. The van der Waals surface area contributed by atoms with Gasteiger partial charge in [0.1, 0.15) is 12.4 Å². The van der Waals surface area contributed by atoms with Gasteiger partial charge < -0.3 is 10.2 Å². The number of rotatable bonds is 4. The van der Waals surface area contributed by atoms with Crippen molar-refractivity contribution in [3.05, 3.63) is 42.5 Å². The molecule has 0 radical (unpaired) electrons. The van der Waals surface area contributed by atoms with Crippen LogP contribution in [0.2, 0.25) is 0 Å². The molecule has 1 aromatic heterocycles. The quantitative estimate of drug-likeness (QED) is 0.802. The van der Waals surface area contributed by atoms with E-state index in [1.165, 1.54) is 17.0 Å². The second kappa shape index (κ2) is 7.41. The second-order valence-electron chi connectivity index (χ2n) is 6.97. The number of carbonyl (C=O) groups excluding carboxylic acids is 3. The van der Waals surface area contributed by atoms with Crippen molar-refractivity contribution >= 4 is 17.8 Å². The zero-order valence-corrected chi connectivity index (χ0v) is 15.2. The van der Waals surface area contributed by atoms with Gasteiger partial charge in [-0.15, -0.1) is 0 Å². The van der Waals surface area contributed by atoms with Crippen LogP contribution < -0.4 is 5.32 Å². The van der Waals surface area contributed by atoms with Gasteiger partial charge in [0.25, 0.3) is 0 Å². The lowest BCUT2D eigenvalue weighted by Crippen LogP contribution is -2.49. The number of urea groups is 1. The highest BCUT2D eigenvalue weighted by Gasteiger charge is 2.37. The van der Waals surface area contributed by atoms with Gasteiger partial charge in [-0.3, -0.25) is 19.2 Å². The third kappa shape index (κ3) is 3.60. The van der Waals surface area contributed by atoms with E-state index >= 15 is 0 Å². The molecule has 0 unspecified atom stereocenters. The average molecular weight is 385 g/mol. The van der Waals surface area contributed by atoms with Crippen molar-refractivity contribution < 1.29 is 18.8 Å². The molecule has 2 aliphatic heterocycles. The van der Waals surface area contributed by atoms with Gasteiger partial charge >= 0.3 is 6.03 Å². The minimum Gasteiger partial charge on any atom is -0.341 e. The summed E-state index contributed by atoms with van der Waals surface area (Å²) in [6.45, 7) is 1.14. The molecule has 8 nitrogen and oxygen atoms in total. The Hall–Kier alpha value is -3.23. The highest BCUT2D eigenvalue weighted by Crippen LogP contribution is 2.21. The van der Waals surface area contributed by atoms with E-state index in [9.17, 15) is 18.8 Å². The second-order valence-corrected chi connectivity index (χ2v) is 6.97. The average Bonchev–Trinajstić information content (AvgIpc) is 3.29. The van der Waals surface area contributed by atoms with Gasteiger partial charge in [0.2, 0.25) is 11.8 Å². The lowest BCUT2D eigenvalue weighted by molar-refractivity contribution is -0.134. The van der Waals surface area contributed by atoms with E-state index in [2.05, 4.69) is 10.4 Å². The van der Waals surface area contributed by atoms with Crippen LogP contribution in [0.1, 0.15) is 12.8 Å². The van der Waals surface area contributed by atoms with Gasteiger partial charge in [0.05, 0.1) is 12.7 Å². The molecule has 146 valence electrons. The molecule has 0 aliphatic carbocycles. The smallest absolute Gasteiger partial charge is 0.324 e. The predicted octanol–water partition coefficient (Wildman–Crippen LogP) is 1.23. The molecule has 2 aliphatic rings. The van der Waals surface area contributed by atoms with E-state index in [4.69, 9.17) is 0 Å². The van der Waals surface area contributed by atoms with E-state index in [1.807, 2.05) is 0 Å². The third-order valence-corrected chi connectivity index (χ3v) is 5.17. The molecule has 0 bridgehead atoms. The van der Waals surface area contributed by atoms with Crippen LogP contribution in [-0.2, 0) is 16.1 Å². The molecular weight excluding hydrogens is 365 g/mol. The third-order valence-electron chi connectivity index (χ3n) is 5.17. The molecule has 2 aromatic rings. The number of likely N-dealkylation sites (tertiary alicyclic amines) is 1. The first-order valence-electron chi connectivity index (χ1n) is 9.17. The van der Waals surface area contributed by atoms with Crippen molar-refractivity contribution in [2.75, 3.05) is 19.6 Å². The first kappa shape index (κ1) is 18.1. The molecule has 0 spiro atoms. The lowest BCUT2D eigenvalue weighted by Gasteiger charge is -2.35. The minimum atomic E-state index is -0.348. The van der Waals surface area contributed by atoms with Gasteiger partial charge in [0, 0.05) is 30.9 Å². The Balaban J connectivity index is 1.33. The molecule has 3 heterocycles. The largest absolute Gasteiger partial charge is 0.341 e. The van der Waals surface area contributed by atoms with E-state index in [0.717, 1.165) is 11.1 Å². The van der Waals surface area contributed by atoms with Crippen molar-refractivity contribution in [1.82, 2.24) is 24.9 Å². The van der Waals surface area contributed by atoms with Crippen molar-refractivity contribution in [3.63, 3.8) is 0 Å². The van der Waals surface area contributed by atoms with Crippen LogP contribution in [0.25, 0.3) is 11.1 Å². The fourth-order valence-corrected chi connectivity index (χ4v) is 3.66. The fraction of sp³-hybridized carbons (Fsp3) is 0.368. The van der Waals surface area contributed by atoms with Gasteiger partial charge in [-0.2, -0.15) is 5.10 Å². The highest BCUT2D eigenvalue weighted by atomic mass is 19.1. The topological polar surface area (TPSA) is 87.5 Å². The summed E-state index contributed by atoms with van der Waals surface area (Å²) >= 11 is 0. The van der Waals surface area contributed by atoms with E-state index in [1.54, 1.807) is 34.1 Å². The number of nitrogens with one attached hydrogen (secondary N) is 1. The monoisotopic (exact) mass is 385 g/mol.